The average molecular weight is 453 g/mol. The van der Waals surface area contributed by atoms with Gasteiger partial charge in [0.2, 0.25) is 0 Å². The maximum atomic E-state index is 5.79. The van der Waals surface area contributed by atoms with E-state index >= 15 is 0 Å². The molecule has 23 heavy (non-hydrogen) atoms. The number of hydrogen-bond donors (Lipinski definition) is 2. The van der Waals surface area contributed by atoms with Gasteiger partial charge in [-0.2, -0.15) is 11.8 Å². The van der Waals surface area contributed by atoms with Gasteiger partial charge in [0.05, 0.1) is 6.61 Å². The van der Waals surface area contributed by atoms with E-state index in [9.17, 15) is 0 Å². The van der Waals surface area contributed by atoms with E-state index in [1.807, 2.05) is 0 Å². The molecule has 0 fully saturated rings. The number of benzene rings is 1. The van der Waals surface area contributed by atoms with Gasteiger partial charge < -0.3 is 20.1 Å². The first-order valence-electron chi connectivity index (χ1n) is 7.36. The Morgan fingerprint density at radius 2 is 2.04 bits per heavy atom. The minimum atomic E-state index is 0. The number of nitrogens with zero attached hydrogens (tertiary/aromatic N) is 1. The van der Waals surface area contributed by atoms with Gasteiger partial charge in [-0.25, -0.2) is 0 Å². The van der Waals surface area contributed by atoms with Gasteiger partial charge >= 0.3 is 0 Å². The van der Waals surface area contributed by atoms with Crippen molar-refractivity contribution in [2.24, 2.45) is 4.99 Å². The van der Waals surface area contributed by atoms with Crippen LogP contribution in [0.1, 0.15) is 11.1 Å². The fraction of sp³-hybridized carbons (Fsp3) is 0.562. The Morgan fingerprint density at radius 1 is 1.26 bits per heavy atom. The highest BCUT2D eigenvalue weighted by Gasteiger charge is 2.05. The molecule has 1 rings (SSSR count). The Bertz CT molecular complexity index is 473. The molecule has 0 unspecified atom stereocenters. The highest BCUT2D eigenvalue weighted by atomic mass is 127. The summed E-state index contributed by atoms with van der Waals surface area (Å²) in [4.78, 5) is 4.22. The minimum Gasteiger partial charge on any atom is -0.491 e. The molecule has 0 spiro atoms. The molecule has 0 atom stereocenters. The van der Waals surface area contributed by atoms with Crippen molar-refractivity contribution in [2.75, 3.05) is 45.9 Å². The van der Waals surface area contributed by atoms with Crippen LogP contribution >= 0.6 is 35.7 Å². The van der Waals surface area contributed by atoms with Gasteiger partial charge in [0.25, 0.3) is 0 Å². The van der Waals surface area contributed by atoms with Crippen molar-refractivity contribution in [1.82, 2.24) is 10.6 Å². The molecule has 0 heterocycles. The summed E-state index contributed by atoms with van der Waals surface area (Å²) in [5.41, 5.74) is 2.29. The highest BCUT2D eigenvalue weighted by molar-refractivity contribution is 14.0. The number of hydrogen-bond acceptors (Lipinski definition) is 4. The van der Waals surface area contributed by atoms with E-state index in [-0.39, 0.29) is 24.0 Å². The van der Waals surface area contributed by atoms with Gasteiger partial charge in [-0.05, 0) is 24.8 Å². The van der Waals surface area contributed by atoms with Crippen molar-refractivity contribution >= 4 is 41.7 Å². The molecule has 0 amide bonds. The second kappa shape index (κ2) is 13.7. The van der Waals surface area contributed by atoms with Crippen LogP contribution in [0.15, 0.2) is 23.2 Å². The van der Waals surface area contributed by atoms with E-state index in [0.29, 0.717) is 19.8 Å². The predicted molar refractivity (Wildman–Crippen MR) is 111 cm³/mol. The zero-order valence-corrected chi connectivity index (χ0v) is 17.5. The van der Waals surface area contributed by atoms with E-state index in [0.717, 1.165) is 29.6 Å². The molecule has 0 bridgehead atoms. The van der Waals surface area contributed by atoms with Crippen LogP contribution in [0.5, 0.6) is 5.75 Å². The molecule has 0 aliphatic heterocycles. The lowest BCUT2D eigenvalue weighted by Crippen LogP contribution is -2.38. The fourth-order valence-electron chi connectivity index (χ4n) is 1.85. The van der Waals surface area contributed by atoms with E-state index in [4.69, 9.17) is 9.47 Å². The van der Waals surface area contributed by atoms with Crippen molar-refractivity contribution < 1.29 is 9.47 Å². The number of ether oxygens (including phenoxy) is 2. The van der Waals surface area contributed by atoms with Crippen LogP contribution < -0.4 is 15.4 Å². The fourth-order valence-corrected chi connectivity index (χ4v) is 2.15. The maximum absolute atomic E-state index is 5.79. The van der Waals surface area contributed by atoms with Gasteiger partial charge in [0.1, 0.15) is 12.4 Å². The zero-order chi connectivity index (χ0) is 16.2. The third-order valence-electron chi connectivity index (χ3n) is 3.04. The average Bonchev–Trinajstić information content (AvgIpc) is 2.52. The molecule has 132 valence electrons. The third-order valence-corrected chi connectivity index (χ3v) is 3.65. The first-order chi connectivity index (χ1) is 10.7. The number of thioether (sulfide) groups is 1. The number of aryl methyl sites for hydroxylation is 1. The molecule has 1 aromatic rings. The van der Waals surface area contributed by atoms with E-state index in [2.05, 4.69) is 47.0 Å². The molecule has 5 nitrogen and oxygen atoms in total. The van der Waals surface area contributed by atoms with Crippen LogP contribution in [-0.4, -0.2) is 51.9 Å². The first kappa shape index (κ1) is 22.3. The number of rotatable bonds is 9. The van der Waals surface area contributed by atoms with Crippen LogP contribution in [-0.2, 0) is 11.3 Å². The van der Waals surface area contributed by atoms with Crippen LogP contribution in [0.4, 0.5) is 0 Å². The molecular formula is C16H28IN3O2S. The standard InChI is InChI=1S/C16H27N3O2S.HI/c1-13-5-6-14(15(11-13)21-9-8-20-3)12-19-16(17-2)18-7-10-22-4;/h5-6,11H,7-10,12H2,1-4H3,(H2,17,18,19);1H. The monoisotopic (exact) mass is 453 g/mol. The number of methoxy groups -OCH3 is 1. The number of guanidine groups is 1. The summed E-state index contributed by atoms with van der Waals surface area (Å²) in [6.45, 7) is 4.75. The van der Waals surface area contributed by atoms with E-state index < -0.39 is 0 Å². The second-order valence-corrected chi connectivity index (χ2v) is 5.78. The van der Waals surface area contributed by atoms with Crippen molar-refractivity contribution in [3.63, 3.8) is 0 Å². The van der Waals surface area contributed by atoms with Crippen LogP contribution in [0.25, 0.3) is 0 Å². The van der Waals surface area contributed by atoms with Crippen LogP contribution in [0, 0.1) is 6.92 Å². The first-order valence-corrected chi connectivity index (χ1v) is 8.75. The Balaban J connectivity index is 0.00000484. The summed E-state index contributed by atoms with van der Waals surface area (Å²) in [6.07, 6.45) is 2.09. The van der Waals surface area contributed by atoms with E-state index in [1.165, 1.54) is 5.56 Å². The SMILES string of the molecule is CN=C(NCCSC)NCc1ccc(C)cc1OCCOC.I. The lowest BCUT2D eigenvalue weighted by molar-refractivity contribution is 0.145. The smallest absolute Gasteiger partial charge is 0.191 e. The molecule has 0 saturated heterocycles. The van der Waals surface area contributed by atoms with Crippen molar-refractivity contribution in [3.8, 4) is 5.75 Å². The topological polar surface area (TPSA) is 54.9 Å². The van der Waals surface area contributed by atoms with Gasteiger partial charge in [-0.3, -0.25) is 4.99 Å². The minimum absolute atomic E-state index is 0. The third kappa shape index (κ3) is 9.26. The molecular weight excluding hydrogens is 425 g/mol. The Morgan fingerprint density at radius 3 is 2.70 bits per heavy atom. The quantitative estimate of drug-likeness (QED) is 0.261. The summed E-state index contributed by atoms with van der Waals surface area (Å²) in [5, 5.41) is 6.59. The molecule has 0 aromatic heterocycles. The number of halogens is 1. The maximum Gasteiger partial charge on any atom is 0.191 e. The number of nitrogens with one attached hydrogen (secondary N) is 2. The number of aliphatic imine (C=N–C) groups is 1. The zero-order valence-electron chi connectivity index (χ0n) is 14.3. The summed E-state index contributed by atoms with van der Waals surface area (Å²) in [5.74, 6) is 2.75. The van der Waals surface area contributed by atoms with Crippen molar-refractivity contribution in [1.29, 1.82) is 0 Å². The highest BCUT2D eigenvalue weighted by Crippen LogP contribution is 2.20. The van der Waals surface area contributed by atoms with Crippen LogP contribution in [0.2, 0.25) is 0 Å². The Hall–Kier alpha value is -0.670. The molecule has 0 aliphatic rings. The van der Waals surface area contributed by atoms with Crippen LogP contribution in [0.3, 0.4) is 0 Å². The lowest BCUT2D eigenvalue weighted by atomic mass is 10.1. The molecule has 2 N–H and O–H groups in total. The molecule has 7 heteroatoms. The lowest BCUT2D eigenvalue weighted by Gasteiger charge is -2.15. The summed E-state index contributed by atoms with van der Waals surface area (Å²) < 4.78 is 10.8. The van der Waals surface area contributed by atoms with Gasteiger partial charge in [0.15, 0.2) is 5.96 Å². The van der Waals surface area contributed by atoms with Gasteiger partial charge in [0, 0.05) is 38.6 Å². The summed E-state index contributed by atoms with van der Waals surface area (Å²) in [7, 11) is 3.45. The predicted octanol–water partition coefficient (Wildman–Crippen LogP) is 2.67. The van der Waals surface area contributed by atoms with Gasteiger partial charge in [-0.1, -0.05) is 12.1 Å². The van der Waals surface area contributed by atoms with E-state index in [1.54, 1.807) is 25.9 Å². The largest absolute Gasteiger partial charge is 0.491 e. The molecule has 1 aromatic carbocycles. The van der Waals surface area contributed by atoms with Crippen molar-refractivity contribution in [2.45, 2.75) is 13.5 Å². The Labute approximate surface area is 161 Å². The summed E-state index contributed by atoms with van der Waals surface area (Å²) in [6, 6.07) is 6.22. The van der Waals surface area contributed by atoms with Gasteiger partial charge in [-0.15, -0.1) is 24.0 Å². The second-order valence-electron chi connectivity index (χ2n) is 4.80. The molecule has 0 aliphatic carbocycles. The molecule has 0 saturated carbocycles. The summed E-state index contributed by atoms with van der Waals surface area (Å²) >= 11 is 1.81. The normalized spacial score (nSPS) is 10.9. The van der Waals surface area contributed by atoms with Crippen molar-refractivity contribution in [3.05, 3.63) is 29.3 Å². The molecule has 0 radical (unpaired) electrons. The Kier molecular flexibility index (Phi) is 13.3.